The van der Waals surface area contributed by atoms with Crippen molar-refractivity contribution in [3.05, 3.63) is 0 Å². The van der Waals surface area contributed by atoms with Crippen LogP contribution >= 0.6 is 0 Å². The fourth-order valence-electron chi connectivity index (χ4n) is 1.18. The molecule has 14 heavy (non-hydrogen) atoms. The Morgan fingerprint density at radius 2 is 2.14 bits per heavy atom. The van der Waals surface area contributed by atoms with Crippen molar-refractivity contribution in [3.8, 4) is 0 Å². The molecule has 1 aliphatic heterocycles. The molecule has 0 unspecified atom stereocenters. The summed E-state index contributed by atoms with van der Waals surface area (Å²) in [6.07, 6.45) is 1.13. The Balaban J connectivity index is 2.30. The van der Waals surface area contributed by atoms with Crippen LogP contribution in [0.15, 0.2) is 5.16 Å². The summed E-state index contributed by atoms with van der Waals surface area (Å²) in [6, 6.07) is 0. The van der Waals surface area contributed by atoms with E-state index in [0.29, 0.717) is 13.1 Å². The zero-order valence-electron chi connectivity index (χ0n) is 8.73. The molecule has 0 aliphatic carbocycles. The number of nitrogens with zero attached hydrogens (tertiary/aromatic N) is 2. The highest BCUT2D eigenvalue weighted by Gasteiger charge is 2.32. The predicted octanol–water partition coefficient (Wildman–Crippen LogP) is 1.31. The molecule has 0 aromatic heterocycles. The Morgan fingerprint density at radius 3 is 2.57 bits per heavy atom. The SMILES string of the molecule is CC(C)(C)OC(=O)N1CC(C=NO)C1. The summed E-state index contributed by atoms with van der Waals surface area (Å²) < 4.78 is 5.15. The highest BCUT2D eigenvalue weighted by atomic mass is 16.6. The molecule has 1 N–H and O–H groups in total. The number of carbonyl (C=O) groups is 1. The number of amides is 1. The van der Waals surface area contributed by atoms with E-state index in [9.17, 15) is 4.79 Å². The van der Waals surface area contributed by atoms with Crippen LogP contribution in [0.25, 0.3) is 0 Å². The lowest BCUT2D eigenvalue weighted by atomic mass is 10.0. The van der Waals surface area contributed by atoms with E-state index in [1.807, 2.05) is 20.8 Å². The van der Waals surface area contributed by atoms with Crippen molar-refractivity contribution in [1.29, 1.82) is 0 Å². The van der Waals surface area contributed by atoms with Gasteiger partial charge >= 0.3 is 6.09 Å². The van der Waals surface area contributed by atoms with Crippen LogP contribution in [-0.2, 0) is 4.74 Å². The van der Waals surface area contributed by atoms with Gasteiger partial charge in [0.15, 0.2) is 0 Å². The molecule has 5 nitrogen and oxygen atoms in total. The maximum Gasteiger partial charge on any atom is 0.410 e. The van der Waals surface area contributed by atoms with E-state index in [0.717, 1.165) is 0 Å². The quantitative estimate of drug-likeness (QED) is 0.394. The van der Waals surface area contributed by atoms with Crippen LogP contribution in [0, 0.1) is 5.92 Å². The van der Waals surface area contributed by atoms with E-state index in [1.54, 1.807) is 4.90 Å². The van der Waals surface area contributed by atoms with E-state index >= 15 is 0 Å². The summed E-state index contributed by atoms with van der Waals surface area (Å²) in [4.78, 5) is 13.0. The smallest absolute Gasteiger partial charge is 0.410 e. The van der Waals surface area contributed by atoms with Gasteiger partial charge in [-0.05, 0) is 20.8 Å². The maximum atomic E-state index is 11.4. The first kappa shape index (κ1) is 10.8. The van der Waals surface area contributed by atoms with Gasteiger partial charge in [-0.1, -0.05) is 0 Å². The maximum absolute atomic E-state index is 11.4. The fourth-order valence-corrected chi connectivity index (χ4v) is 1.18. The van der Waals surface area contributed by atoms with Crippen molar-refractivity contribution >= 4 is 12.3 Å². The summed E-state index contributed by atoms with van der Waals surface area (Å²) in [6.45, 7) is 6.63. The first-order chi connectivity index (χ1) is 6.42. The molecular formula is C9H16N2O3. The zero-order valence-corrected chi connectivity index (χ0v) is 8.73. The number of ether oxygens (including phenoxy) is 1. The molecule has 5 heteroatoms. The number of rotatable bonds is 1. The molecule has 0 aromatic carbocycles. The van der Waals surface area contributed by atoms with Gasteiger partial charge in [-0.3, -0.25) is 0 Å². The van der Waals surface area contributed by atoms with Crippen molar-refractivity contribution in [1.82, 2.24) is 4.90 Å². The minimum atomic E-state index is -0.451. The lowest BCUT2D eigenvalue weighted by Gasteiger charge is -2.37. The van der Waals surface area contributed by atoms with Crippen molar-refractivity contribution in [2.24, 2.45) is 11.1 Å². The minimum Gasteiger partial charge on any atom is -0.444 e. The molecule has 0 bridgehead atoms. The lowest BCUT2D eigenvalue weighted by Crippen LogP contribution is -2.52. The van der Waals surface area contributed by atoms with E-state index in [2.05, 4.69) is 5.16 Å². The molecule has 1 rings (SSSR count). The Bertz CT molecular complexity index is 239. The fraction of sp³-hybridized carbons (Fsp3) is 0.778. The average Bonchev–Trinajstić information content (AvgIpc) is 1.91. The standard InChI is InChI=1S/C9H16N2O3/c1-9(2,3)14-8(12)11-5-7(6-11)4-10-13/h4,7,13H,5-6H2,1-3H3. The third-order valence-electron chi connectivity index (χ3n) is 1.84. The summed E-state index contributed by atoms with van der Waals surface area (Å²) in [5.74, 6) is 0.160. The van der Waals surface area contributed by atoms with Gasteiger partial charge in [0.25, 0.3) is 0 Å². The predicted molar refractivity (Wildman–Crippen MR) is 51.6 cm³/mol. The Kier molecular flexibility index (Phi) is 2.98. The second-order valence-electron chi connectivity index (χ2n) is 4.41. The second-order valence-corrected chi connectivity index (χ2v) is 4.41. The van der Waals surface area contributed by atoms with Crippen LogP contribution in [0.4, 0.5) is 4.79 Å². The third kappa shape index (κ3) is 2.90. The van der Waals surface area contributed by atoms with Gasteiger partial charge in [-0.25, -0.2) is 4.79 Å². The van der Waals surface area contributed by atoms with Crippen LogP contribution in [0.1, 0.15) is 20.8 Å². The van der Waals surface area contributed by atoms with Gasteiger partial charge in [-0.2, -0.15) is 0 Å². The van der Waals surface area contributed by atoms with Gasteiger partial charge in [-0.15, -0.1) is 5.16 Å². The van der Waals surface area contributed by atoms with Crippen LogP contribution in [0.2, 0.25) is 0 Å². The van der Waals surface area contributed by atoms with Gasteiger partial charge in [0.1, 0.15) is 5.60 Å². The molecule has 80 valence electrons. The summed E-state index contributed by atoms with van der Waals surface area (Å²) in [5, 5.41) is 11.2. The van der Waals surface area contributed by atoms with Gasteiger partial charge in [0.2, 0.25) is 0 Å². The highest BCUT2D eigenvalue weighted by molar-refractivity contribution is 5.72. The normalized spacial score (nSPS) is 18.4. The molecule has 0 radical (unpaired) electrons. The molecule has 0 aromatic rings. The molecule has 1 fully saturated rings. The van der Waals surface area contributed by atoms with Crippen LogP contribution < -0.4 is 0 Å². The van der Waals surface area contributed by atoms with Gasteiger partial charge in [0.05, 0.1) is 6.21 Å². The average molecular weight is 200 g/mol. The van der Waals surface area contributed by atoms with E-state index in [4.69, 9.17) is 9.94 Å². The molecule has 1 aliphatic rings. The van der Waals surface area contributed by atoms with Crippen molar-refractivity contribution < 1.29 is 14.7 Å². The molecule has 1 amide bonds. The summed E-state index contributed by atoms with van der Waals surface area (Å²) in [7, 11) is 0. The number of hydrogen-bond acceptors (Lipinski definition) is 4. The zero-order chi connectivity index (χ0) is 10.8. The van der Waals surface area contributed by atoms with Crippen LogP contribution in [0.3, 0.4) is 0 Å². The molecule has 1 saturated heterocycles. The topological polar surface area (TPSA) is 62.1 Å². The Labute approximate surface area is 83.3 Å². The molecule has 1 heterocycles. The Morgan fingerprint density at radius 1 is 1.57 bits per heavy atom. The number of likely N-dealkylation sites (tertiary alicyclic amines) is 1. The number of oxime groups is 1. The minimum absolute atomic E-state index is 0.160. The van der Waals surface area contributed by atoms with Gasteiger partial charge < -0.3 is 14.8 Å². The van der Waals surface area contributed by atoms with Crippen LogP contribution in [0.5, 0.6) is 0 Å². The van der Waals surface area contributed by atoms with E-state index in [1.165, 1.54) is 6.21 Å². The summed E-state index contributed by atoms with van der Waals surface area (Å²) in [5.41, 5.74) is -0.451. The van der Waals surface area contributed by atoms with Crippen molar-refractivity contribution in [2.45, 2.75) is 26.4 Å². The molecule has 0 atom stereocenters. The molecule has 0 spiro atoms. The molecular weight excluding hydrogens is 184 g/mol. The Hall–Kier alpha value is -1.26. The summed E-state index contributed by atoms with van der Waals surface area (Å²) >= 11 is 0. The lowest BCUT2D eigenvalue weighted by molar-refractivity contribution is 0.00714. The number of carbonyl (C=O) groups excluding carboxylic acids is 1. The third-order valence-corrected chi connectivity index (χ3v) is 1.84. The monoisotopic (exact) mass is 200 g/mol. The highest BCUT2D eigenvalue weighted by Crippen LogP contribution is 2.17. The van der Waals surface area contributed by atoms with Crippen LogP contribution in [-0.4, -0.2) is 41.1 Å². The van der Waals surface area contributed by atoms with E-state index in [-0.39, 0.29) is 12.0 Å². The first-order valence-electron chi connectivity index (χ1n) is 4.58. The van der Waals surface area contributed by atoms with Gasteiger partial charge in [0, 0.05) is 19.0 Å². The second kappa shape index (κ2) is 3.86. The largest absolute Gasteiger partial charge is 0.444 e. The van der Waals surface area contributed by atoms with E-state index < -0.39 is 5.60 Å². The van der Waals surface area contributed by atoms with Crippen molar-refractivity contribution in [3.63, 3.8) is 0 Å². The number of hydrogen-bond donors (Lipinski definition) is 1. The first-order valence-corrected chi connectivity index (χ1v) is 4.58. The van der Waals surface area contributed by atoms with Crippen molar-refractivity contribution in [2.75, 3.05) is 13.1 Å². The molecule has 0 saturated carbocycles.